The summed E-state index contributed by atoms with van der Waals surface area (Å²) >= 11 is 6.07. The summed E-state index contributed by atoms with van der Waals surface area (Å²) in [5, 5.41) is 0.668. The van der Waals surface area contributed by atoms with Crippen LogP contribution in [-0.4, -0.2) is 34.5 Å². The van der Waals surface area contributed by atoms with Gasteiger partial charge >= 0.3 is 0 Å². The van der Waals surface area contributed by atoms with Gasteiger partial charge < -0.3 is 9.64 Å². The molecule has 2 aromatic rings. The monoisotopic (exact) mass is 330 g/mol. The number of benzene rings is 1. The van der Waals surface area contributed by atoms with Crippen LogP contribution in [0.4, 0.5) is 0 Å². The quantitative estimate of drug-likeness (QED) is 0.842. The average molecular weight is 331 g/mol. The molecule has 1 amide bonds. The van der Waals surface area contributed by atoms with Crippen molar-refractivity contribution >= 4 is 17.5 Å². The molecule has 0 radical (unpaired) electrons. The van der Waals surface area contributed by atoms with Crippen LogP contribution in [-0.2, 0) is 4.74 Å². The van der Waals surface area contributed by atoms with Crippen molar-refractivity contribution in [1.82, 2.24) is 9.88 Å². The van der Waals surface area contributed by atoms with Crippen molar-refractivity contribution in [3.8, 4) is 0 Å². The zero-order valence-corrected chi connectivity index (χ0v) is 14.0. The second-order valence-corrected chi connectivity index (χ2v) is 6.76. The third-order valence-electron chi connectivity index (χ3n) is 4.09. The number of nitrogens with zero attached hydrogens (tertiary/aromatic N) is 2. The fourth-order valence-electron chi connectivity index (χ4n) is 2.76. The Hall–Kier alpha value is -1.91. The fourth-order valence-corrected chi connectivity index (χ4v) is 2.96. The highest BCUT2D eigenvalue weighted by molar-refractivity contribution is 6.30. The van der Waals surface area contributed by atoms with Gasteiger partial charge in [-0.1, -0.05) is 23.7 Å². The third kappa shape index (κ3) is 3.38. The molecule has 0 N–H and O–H groups in total. The molecular formula is C18H19ClN2O2. The number of halogens is 1. The second kappa shape index (κ2) is 6.30. The molecule has 1 fully saturated rings. The van der Waals surface area contributed by atoms with E-state index >= 15 is 0 Å². The molecule has 1 saturated heterocycles. The number of amides is 1. The summed E-state index contributed by atoms with van der Waals surface area (Å²) in [6.07, 6.45) is 3.08. The predicted octanol–water partition coefficient (Wildman–Crippen LogP) is 3.73. The minimum Gasteiger partial charge on any atom is -0.369 e. The number of rotatable bonds is 2. The van der Waals surface area contributed by atoms with Gasteiger partial charge in [-0.15, -0.1) is 0 Å². The van der Waals surface area contributed by atoms with Crippen LogP contribution in [0.25, 0.3) is 0 Å². The van der Waals surface area contributed by atoms with Crippen molar-refractivity contribution in [2.75, 3.05) is 13.2 Å². The maximum Gasteiger partial charge on any atom is 0.256 e. The van der Waals surface area contributed by atoms with Gasteiger partial charge in [0.05, 0.1) is 24.3 Å². The van der Waals surface area contributed by atoms with Crippen molar-refractivity contribution in [2.24, 2.45) is 0 Å². The first-order valence-corrected chi connectivity index (χ1v) is 7.94. The van der Waals surface area contributed by atoms with Gasteiger partial charge in [-0.25, -0.2) is 0 Å². The third-order valence-corrected chi connectivity index (χ3v) is 4.33. The number of carbonyl (C=O) groups excluding carboxylic acids is 1. The van der Waals surface area contributed by atoms with E-state index in [1.807, 2.05) is 43.0 Å². The van der Waals surface area contributed by atoms with Crippen LogP contribution >= 0.6 is 11.6 Å². The lowest BCUT2D eigenvalue weighted by atomic mass is 9.97. The lowest BCUT2D eigenvalue weighted by Crippen LogP contribution is -2.56. The van der Waals surface area contributed by atoms with E-state index < -0.39 is 0 Å². The Kier molecular flexibility index (Phi) is 4.37. The van der Waals surface area contributed by atoms with E-state index in [0.29, 0.717) is 23.7 Å². The molecular weight excluding hydrogens is 312 g/mol. The predicted molar refractivity (Wildman–Crippen MR) is 89.5 cm³/mol. The van der Waals surface area contributed by atoms with E-state index in [1.165, 1.54) is 0 Å². The van der Waals surface area contributed by atoms with Crippen LogP contribution in [0.1, 0.15) is 35.9 Å². The van der Waals surface area contributed by atoms with E-state index in [2.05, 4.69) is 4.98 Å². The zero-order chi connectivity index (χ0) is 16.4. The van der Waals surface area contributed by atoms with Crippen LogP contribution in [0.5, 0.6) is 0 Å². The Bertz CT molecular complexity index is 703. The zero-order valence-electron chi connectivity index (χ0n) is 13.2. The van der Waals surface area contributed by atoms with Gasteiger partial charge in [-0.05, 0) is 43.7 Å². The van der Waals surface area contributed by atoms with Crippen LogP contribution in [0, 0.1) is 0 Å². The molecule has 1 aliphatic heterocycles. The average Bonchev–Trinajstić information content (AvgIpc) is 2.55. The molecule has 1 aromatic carbocycles. The molecule has 1 unspecified atom stereocenters. The van der Waals surface area contributed by atoms with E-state index in [1.54, 1.807) is 24.5 Å². The number of hydrogen-bond donors (Lipinski definition) is 0. The summed E-state index contributed by atoms with van der Waals surface area (Å²) in [6.45, 7) is 4.97. The second-order valence-electron chi connectivity index (χ2n) is 6.32. The number of aromatic nitrogens is 1. The lowest BCUT2D eigenvalue weighted by molar-refractivity contribution is -0.0846. The smallest absolute Gasteiger partial charge is 0.256 e. The Morgan fingerprint density at radius 1 is 1.35 bits per heavy atom. The highest BCUT2D eigenvalue weighted by Crippen LogP contribution is 2.32. The number of hydrogen-bond acceptors (Lipinski definition) is 3. The van der Waals surface area contributed by atoms with Crippen molar-refractivity contribution < 1.29 is 9.53 Å². The van der Waals surface area contributed by atoms with Gasteiger partial charge in [-0.3, -0.25) is 9.78 Å². The molecule has 2 heterocycles. The van der Waals surface area contributed by atoms with E-state index in [0.717, 1.165) is 5.56 Å². The van der Waals surface area contributed by atoms with Gasteiger partial charge in [-0.2, -0.15) is 0 Å². The normalized spacial score (nSPS) is 20.3. The van der Waals surface area contributed by atoms with E-state index in [-0.39, 0.29) is 17.6 Å². The molecule has 0 spiro atoms. The number of pyridine rings is 1. The largest absolute Gasteiger partial charge is 0.369 e. The first-order valence-electron chi connectivity index (χ1n) is 7.56. The molecule has 3 rings (SSSR count). The maximum absolute atomic E-state index is 12.9. The fraction of sp³-hybridized carbons (Fsp3) is 0.333. The minimum absolute atomic E-state index is 0.0292. The maximum atomic E-state index is 12.9. The van der Waals surface area contributed by atoms with Gasteiger partial charge in [0.2, 0.25) is 0 Å². The Morgan fingerprint density at radius 2 is 2.17 bits per heavy atom. The lowest BCUT2D eigenvalue weighted by Gasteiger charge is -2.45. The first kappa shape index (κ1) is 16.0. The van der Waals surface area contributed by atoms with Crippen molar-refractivity contribution in [1.29, 1.82) is 0 Å². The minimum atomic E-state index is -0.373. The van der Waals surface area contributed by atoms with Gasteiger partial charge in [0.1, 0.15) is 6.10 Å². The van der Waals surface area contributed by atoms with Gasteiger partial charge in [0.25, 0.3) is 5.91 Å². The van der Waals surface area contributed by atoms with Crippen LogP contribution in [0.15, 0.2) is 48.8 Å². The van der Waals surface area contributed by atoms with Gasteiger partial charge in [0, 0.05) is 17.4 Å². The van der Waals surface area contributed by atoms with E-state index in [4.69, 9.17) is 16.3 Å². The van der Waals surface area contributed by atoms with Gasteiger partial charge in [0.15, 0.2) is 0 Å². The summed E-state index contributed by atoms with van der Waals surface area (Å²) in [7, 11) is 0. The molecule has 1 aliphatic rings. The molecule has 4 nitrogen and oxygen atoms in total. The molecule has 0 bridgehead atoms. The summed E-state index contributed by atoms with van der Waals surface area (Å²) < 4.78 is 5.98. The SMILES string of the molecule is CC1(C)COC(c2cccc(Cl)c2)CN1C(=O)c1cccnc1. The number of carbonyl (C=O) groups is 1. The molecule has 1 atom stereocenters. The molecule has 0 aliphatic carbocycles. The van der Waals surface area contributed by atoms with Crippen molar-refractivity contribution in [3.63, 3.8) is 0 Å². The molecule has 23 heavy (non-hydrogen) atoms. The molecule has 5 heteroatoms. The van der Waals surface area contributed by atoms with Crippen molar-refractivity contribution in [2.45, 2.75) is 25.5 Å². The van der Waals surface area contributed by atoms with Crippen molar-refractivity contribution in [3.05, 3.63) is 64.9 Å². The molecule has 0 saturated carbocycles. The summed E-state index contributed by atoms with van der Waals surface area (Å²) in [5.74, 6) is -0.0292. The Morgan fingerprint density at radius 3 is 2.87 bits per heavy atom. The topological polar surface area (TPSA) is 42.4 Å². The van der Waals surface area contributed by atoms with Crippen LogP contribution < -0.4 is 0 Å². The highest BCUT2D eigenvalue weighted by atomic mass is 35.5. The molecule has 1 aromatic heterocycles. The first-order chi connectivity index (χ1) is 11.0. The Balaban J connectivity index is 1.87. The van der Waals surface area contributed by atoms with Crippen LogP contribution in [0.3, 0.4) is 0 Å². The van der Waals surface area contributed by atoms with Crippen LogP contribution in [0.2, 0.25) is 5.02 Å². The van der Waals surface area contributed by atoms with E-state index in [9.17, 15) is 4.79 Å². The standard InChI is InChI=1S/C18H19ClN2O2/c1-18(2)12-23-16(13-5-3-7-15(19)9-13)11-21(18)17(22)14-6-4-8-20-10-14/h3-10,16H,11-12H2,1-2H3. The summed E-state index contributed by atoms with van der Waals surface area (Å²) in [4.78, 5) is 18.8. The highest BCUT2D eigenvalue weighted by Gasteiger charge is 2.39. The molecule has 120 valence electrons. The summed E-state index contributed by atoms with van der Waals surface area (Å²) in [6, 6.07) is 11.1. The number of morpholine rings is 1. The number of ether oxygens (including phenoxy) is 1. The Labute approximate surface area is 141 Å². The summed E-state index contributed by atoms with van der Waals surface area (Å²) in [5.41, 5.74) is 1.20.